The maximum absolute atomic E-state index is 12.5. The standard InChI is InChI=1S/C20H19ClN4O3/c1-10(16(21)8-11-3-2-4-12(7-11)17(22)23)24-18(26)13-5-6-14-15(9-13)20(28)25-19(14)27/h2-7,9-10,16H,8H2,1H3,(H3,22,23)(H,24,26)(H,25,27,28). The van der Waals surface area contributed by atoms with Gasteiger partial charge in [-0.15, -0.1) is 11.6 Å². The van der Waals surface area contributed by atoms with E-state index in [4.69, 9.17) is 22.7 Å². The molecule has 3 amide bonds. The number of benzene rings is 2. The Bertz CT molecular complexity index is 989. The molecule has 5 N–H and O–H groups in total. The summed E-state index contributed by atoms with van der Waals surface area (Å²) in [4.78, 5) is 35.9. The molecule has 0 fully saturated rings. The lowest BCUT2D eigenvalue weighted by molar-refractivity contribution is 0.0878. The van der Waals surface area contributed by atoms with Gasteiger partial charge in [0, 0.05) is 17.2 Å². The second-order valence-corrected chi connectivity index (χ2v) is 7.20. The Kier molecular flexibility index (Phi) is 5.46. The number of fused-ring (bicyclic) bond motifs is 1. The number of carbonyl (C=O) groups is 3. The summed E-state index contributed by atoms with van der Waals surface area (Å²) in [5.74, 6) is -1.38. The molecule has 1 aliphatic rings. The predicted octanol–water partition coefficient (Wildman–Crippen LogP) is 1.82. The molecule has 2 atom stereocenters. The quantitative estimate of drug-likeness (QED) is 0.256. The van der Waals surface area contributed by atoms with Gasteiger partial charge in [0.1, 0.15) is 5.84 Å². The number of hydrogen-bond acceptors (Lipinski definition) is 4. The van der Waals surface area contributed by atoms with Crippen molar-refractivity contribution in [2.24, 2.45) is 5.73 Å². The molecule has 8 heteroatoms. The summed E-state index contributed by atoms with van der Waals surface area (Å²) in [6.07, 6.45) is 0.477. The first kappa shape index (κ1) is 19.6. The summed E-state index contributed by atoms with van der Waals surface area (Å²) in [5, 5.41) is 12.1. The fourth-order valence-corrected chi connectivity index (χ4v) is 3.20. The van der Waals surface area contributed by atoms with E-state index in [1.165, 1.54) is 18.2 Å². The largest absolute Gasteiger partial charge is 0.384 e. The number of carbonyl (C=O) groups excluding carboxylic acids is 3. The van der Waals surface area contributed by atoms with E-state index < -0.39 is 17.2 Å². The number of nitrogen functional groups attached to an aromatic ring is 1. The molecule has 3 rings (SSSR count). The zero-order valence-electron chi connectivity index (χ0n) is 15.1. The molecule has 0 saturated carbocycles. The van der Waals surface area contributed by atoms with Crippen LogP contribution in [0.15, 0.2) is 42.5 Å². The van der Waals surface area contributed by atoms with Crippen molar-refractivity contribution in [1.82, 2.24) is 10.6 Å². The van der Waals surface area contributed by atoms with E-state index in [9.17, 15) is 14.4 Å². The predicted molar refractivity (Wildman–Crippen MR) is 106 cm³/mol. The van der Waals surface area contributed by atoms with Gasteiger partial charge < -0.3 is 11.1 Å². The van der Waals surface area contributed by atoms with Crippen molar-refractivity contribution < 1.29 is 14.4 Å². The third kappa shape index (κ3) is 4.04. The molecule has 0 saturated heterocycles. The summed E-state index contributed by atoms with van der Waals surface area (Å²) < 4.78 is 0. The molecule has 1 heterocycles. The number of halogens is 1. The first-order chi connectivity index (χ1) is 13.3. The molecule has 7 nitrogen and oxygen atoms in total. The fraction of sp³-hybridized carbons (Fsp3) is 0.200. The maximum atomic E-state index is 12.5. The average Bonchev–Trinajstić information content (AvgIpc) is 2.95. The molecule has 0 spiro atoms. The van der Waals surface area contributed by atoms with Gasteiger partial charge in [0.25, 0.3) is 17.7 Å². The molecular formula is C20H19ClN4O3. The van der Waals surface area contributed by atoms with E-state index in [-0.39, 0.29) is 34.5 Å². The van der Waals surface area contributed by atoms with Gasteiger partial charge in [-0.25, -0.2) is 0 Å². The summed E-state index contributed by atoms with van der Waals surface area (Å²) in [5.41, 5.74) is 7.75. The number of amidine groups is 1. The number of rotatable bonds is 6. The molecular weight excluding hydrogens is 380 g/mol. The molecule has 2 unspecified atom stereocenters. The highest BCUT2D eigenvalue weighted by atomic mass is 35.5. The van der Waals surface area contributed by atoms with E-state index in [0.29, 0.717) is 12.0 Å². The van der Waals surface area contributed by atoms with Crippen molar-refractivity contribution >= 4 is 35.2 Å². The van der Waals surface area contributed by atoms with E-state index in [0.717, 1.165) is 5.56 Å². The van der Waals surface area contributed by atoms with Crippen molar-refractivity contribution in [3.05, 3.63) is 70.3 Å². The van der Waals surface area contributed by atoms with Crippen molar-refractivity contribution in [2.45, 2.75) is 24.8 Å². The van der Waals surface area contributed by atoms with Gasteiger partial charge in [0.15, 0.2) is 0 Å². The van der Waals surface area contributed by atoms with E-state index in [2.05, 4.69) is 10.6 Å². The first-order valence-corrected chi connectivity index (χ1v) is 9.08. The smallest absolute Gasteiger partial charge is 0.258 e. The van der Waals surface area contributed by atoms with Crippen LogP contribution in [0.3, 0.4) is 0 Å². The van der Waals surface area contributed by atoms with Gasteiger partial charge in [-0.2, -0.15) is 0 Å². The lowest BCUT2D eigenvalue weighted by Crippen LogP contribution is -2.39. The number of hydrogen-bond donors (Lipinski definition) is 4. The topological polar surface area (TPSA) is 125 Å². The van der Waals surface area contributed by atoms with Crippen LogP contribution in [0.4, 0.5) is 0 Å². The summed E-state index contributed by atoms with van der Waals surface area (Å²) >= 11 is 6.46. The summed E-state index contributed by atoms with van der Waals surface area (Å²) in [7, 11) is 0. The van der Waals surface area contributed by atoms with E-state index >= 15 is 0 Å². The van der Waals surface area contributed by atoms with Crippen molar-refractivity contribution in [3.63, 3.8) is 0 Å². The van der Waals surface area contributed by atoms with Crippen LogP contribution >= 0.6 is 11.6 Å². The Morgan fingerprint density at radius 2 is 1.86 bits per heavy atom. The zero-order chi connectivity index (χ0) is 20.4. The minimum Gasteiger partial charge on any atom is -0.384 e. The van der Waals surface area contributed by atoms with Gasteiger partial charge in [-0.05, 0) is 43.2 Å². The third-order valence-corrected chi connectivity index (χ3v) is 5.10. The minimum absolute atomic E-state index is 0.0200. The molecule has 0 aromatic heterocycles. The molecule has 2 aromatic carbocycles. The first-order valence-electron chi connectivity index (χ1n) is 8.64. The lowest BCUT2D eigenvalue weighted by atomic mass is 10.0. The molecule has 28 heavy (non-hydrogen) atoms. The Morgan fingerprint density at radius 1 is 1.14 bits per heavy atom. The normalized spacial score (nSPS) is 14.8. The Labute approximate surface area is 166 Å². The second-order valence-electron chi connectivity index (χ2n) is 6.64. The average molecular weight is 399 g/mol. The summed E-state index contributed by atoms with van der Waals surface area (Å²) in [6, 6.07) is 11.2. The molecule has 144 valence electrons. The number of nitrogens with two attached hydrogens (primary N) is 1. The number of alkyl halides is 1. The van der Waals surface area contributed by atoms with Crippen LogP contribution in [-0.4, -0.2) is 35.0 Å². The van der Waals surface area contributed by atoms with Crippen molar-refractivity contribution in [1.29, 1.82) is 5.41 Å². The number of amides is 3. The monoisotopic (exact) mass is 398 g/mol. The van der Waals surface area contributed by atoms with Crippen LogP contribution in [0.1, 0.15) is 49.1 Å². The highest BCUT2D eigenvalue weighted by Crippen LogP contribution is 2.18. The zero-order valence-corrected chi connectivity index (χ0v) is 15.8. The van der Waals surface area contributed by atoms with E-state index in [1.54, 1.807) is 25.1 Å². The molecule has 1 aliphatic heterocycles. The molecule has 2 aromatic rings. The minimum atomic E-state index is -0.511. The van der Waals surface area contributed by atoms with Crippen LogP contribution in [0, 0.1) is 5.41 Å². The van der Waals surface area contributed by atoms with Crippen LogP contribution < -0.4 is 16.4 Å². The lowest BCUT2D eigenvalue weighted by Gasteiger charge is -2.20. The molecule has 0 bridgehead atoms. The van der Waals surface area contributed by atoms with Crippen molar-refractivity contribution in [3.8, 4) is 0 Å². The Balaban J connectivity index is 1.66. The highest BCUT2D eigenvalue weighted by Gasteiger charge is 2.28. The second kappa shape index (κ2) is 7.82. The number of nitrogens with one attached hydrogen (secondary N) is 3. The molecule has 0 aliphatic carbocycles. The van der Waals surface area contributed by atoms with Crippen LogP contribution in [0.25, 0.3) is 0 Å². The molecule has 0 radical (unpaired) electrons. The number of imide groups is 1. The van der Waals surface area contributed by atoms with Gasteiger partial charge in [-0.1, -0.05) is 18.2 Å². The highest BCUT2D eigenvalue weighted by molar-refractivity contribution is 6.22. The van der Waals surface area contributed by atoms with Gasteiger partial charge in [-0.3, -0.25) is 25.1 Å². The van der Waals surface area contributed by atoms with Gasteiger partial charge >= 0.3 is 0 Å². The van der Waals surface area contributed by atoms with Crippen molar-refractivity contribution in [2.75, 3.05) is 0 Å². The third-order valence-electron chi connectivity index (χ3n) is 4.57. The fourth-order valence-electron chi connectivity index (χ4n) is 2.96. The van der Waals surface area contributed by atoms with Gasteiger partial charge in [0.2, 0.25) is 0 Å². The SMILES string of the molecule is CC(NC(=O)c1ccc2c(c1)C(=O)NC2=O)C(Cl)Cc1cccc(C(=N)N)c1. The Morgan fingerprint density at radius 3 is 2.57 bits per heavy atom. The van der Waals surface area contributed by atoms with E-state index in [1.807, 2.05) is 6.07 Å². The summed E-state index contributed by atoms with van der Waals surface area (Å²) in [6.45, 7) is 1.79. The Hall–Kier alpha value is -3.19. The van der Waals surface area contributed by atoms with Crippen LogP contribution in [0.5, 0.6) is 0 Å². The maximum Gasteiger partial charge on any atom is 0.258 e. The van der Waals surface area contributed by atoms with Crippen LogP contribution in [-0.2, 0) is 6.42 Å². The van der Waals surface area contributed by atoms with Gasteiger partial charge in [0.05, 0.1) is 16.5 Å². The van der Waals surface area contributed by atoms with Crippen LogP contribution in [0.2, 0.25) is 0 Å².